The van der Waals surface area contributed by atoms with Crippen molar-refractivity contribution in [2.75, 3.05) is 0 Å². The maximum atomic E-state index is 12.1. The Bertz CT molecular complexity index is 283. The fraction of sp³-hybridized carbons (Fsp3) is 0.938. The summed E-state index contributed by atoms with van der Waals surface area (Å²) in [7, 11) is 0. The van der Waals surface area contributed by atoms with E-state index in [9.17, 15) is 4.79 Å². The summed E-state index contributed by atoms with van der Waals surface area (Å²) < 4.78 is 0. The van der Waals surface area contributed by atoms with Crippen LogP contribution in [0.1, 0.15) is 72.1 Å². The molecule has 2 saturated carbocycles. The smallest absolute Gasteiger partial charge is 0.136 e. The van der Waals surface area contributed by atoms with Gasteiger partial charge in [0.15, 0.2) is 0 Å². The van der Waals surface area contributed by atoms with Crippen molar-refractivity contribution < 1.29 is 4.79 Å². The Morgan fingerprint density at radius 3 is 2.88 bits per heavy atom. The molecule has 17 heavy (non-hydrogen) atoms. The summed E-state index contributed by atoms with van der Waals surface area (Å²) in [6, 6.07) is 0. The van der Waals surface area contributed by atoms with E-state index in [0.29, 0.717) is 17.1 Å². The Morgan fingerprint density at radius 2 is 2.18 bits per heavy atom. The van der Waals surface area contributed by atoms with Crippen LogP contribution in [-0.4, -0.2) is 5.78 Å². The number of fused-ring (bicyclic) bond motifs is 1. The molecule has 2 aliphatic carbocycles. The van der Waals surface area contributed by atoms with Crippen LogP contribution in [0.3, 0.4) is 0 Å². The molecule has 2 rings (SSSR count). The second-order valence-corrected chi connectivity index (χ2v) is 6.68. The zero-order valence-corrected chi connectivity index (χ0v) is 11.8. The Labute approximate surface area is 106 Å². The number of carbonyl (C=O) groups excluding carboxylic acids is 1. The maximum Gasteiger partial charge on any atom is 0.136 e. The van der Waals surface area contributed by atoms with Crippen LogP contribution in [0.2, 0.25) is 0 Å². The van der Waals surface area contributed by atoms with Gasteiger partial charge < -0.3 is 0 Å². The first-order valence-corrected chi connectivity index (χ1v) is 7.62. The molecule has 0 unspecified atom stereocenters. The summed E-state index contributed by atoms with van der Waals surface area (Å²) in [5.74, 6) is 2.61. The van der Waals surface area contributed by atoms with E-state index in [-0.39, 0.29) is 0 Å². The monoisotopic (exact) mass is 236 g/mol. The quantitative estimate of drug-likeness (QED) is 0.697. The molecule has 0 spiro atoms. The SMILES string of the molecule is CCCC[C@H](C)[C@H]1CC[C@H]2C(=O)CCC[C@]12C. The van der Waals surface area contributed by atoms with Crippen LogP contribution in [-0.2, 0) is 4.79 Å². The average molecular weight is 236 g/mol. The van der Waals surface area contributed by atoms with Crippen LogP contribution in [0.4, 0.5) is 0 Å². The normalized spacial score (nSPS) is 39.1. The number of hydrogen-bond donors (Lipinski definition) is 0. The van der Waals surface area contributed by atoms with E-state index in [1.807, 2.05) is 0 Å². The second-order valence-electron chi connectivity index (χ2n) is 6.68. The van der Waals surface area contributed by atoms with Gasteiger partial charge in [-0.25, -0.2) is 0 Å². The van der Waals surface area contributed by atoms with E-state index >= 15 is 0 Å². The zero-order valence-electron chi connectivity index (χ0n) is 11.8. The minimum Gasteiger partial charge on any atom is -0.299 e. The Hall–Kier alpha value is -0.330. The molecule has 1 heteroatoms. The minimum absolute atomic E-state index is 0.350. The molecule has 1 nitrogen and oxygen atoms in total. The van der Waals surface area contributed by atoms with Gasteiger partial charge in [-0.05, 0) is 42.9 Å². The third-order valence-corrected chi connectivity index (χ3v) is 5.64. The van der Waals surface area contributed by atoms with Crippen LogP contribution < -0.4 is 0 Å². The number of Topliss-reactive ketones (excluding diaryl/α,β-unsaturated/α-hetero) is 1. The van der Waals surface area contributed by atoms with Crippen molar-refractivity contribution in [2.24, 2.45) is 23.2 Å². The van der Waals surface area contributed by atoms with Crippen LogP contribution >= 0.6 is 0 Å². The summed E-state index contributed by atoms with van der Waals surface area (Å²) in [5.41, 5.74) is 0.350. The lowest BCUT2D eigenvalue weighted by Gasteiger charge is -2.42. The predicted molar refractivity (Wildman–Crippen MR) is 71.9 cm³/mol. The van der Waals surface area contributed by atoms with Gasteiger partial charge in [-0.1, -0.05) is 40.0 Å². The number of unbranched alkanes of at least 4 members (excludes halogenated alkanes) is 1. The third kappa shape index (κ3) is 2.30. The standard InChI is InChI=1S/C16H28O/c1-4-5-7-12(2)13-9-10-14-15(17)8-6-11-16(13,14)3/h12-14H,4-11H2,1-3H3/t12-,13+,14-,16+/m0/s1. The first-order valence-electron chi connectivity index (χ1n) is 7.62. The fourth-order valence-corrected chi connectivity index (χ4v) is 4.63. The second kappa shape index (κ2) is 5.12. The molecule has 0 saturated heterocycles. The lowest BCUT2D eigenvalue weighted by molar-refractivity contribution is -0.130. The van der Waals surface area contributed by atoms with E-state index < -0.39 is 0 Å². The van der Waals surface area contributed by atoms with Gasteiger partial charge >= 0.3 is 0 Å². The summed E-state index contributed by atoms with van der Waals surface area (Å²) in [5, 5.41) is 0. The molecule has 0 aromatic rings. The molecule has 0 radical (unpaired) electrons. The van der Waals surface area contributed by atoms with E-state index in [1.54, 1.807) is 0 Å². The van der Waals surface area contributed by atoms with Crippen molar-refractivity contribution in [3.63, 3.8) is 0 Å². The van der Waals surface area contributed by atoms with Crippen LogP contribution in [0.5, 0.6) is 0 Å². The van der Waals surface area contributed by atoms with E-state index in [2.05, 4.69) is 20.8 Å². The Morgan fingerprint density at radius 1 is 1.41 bits per heavy atom. The lowest BCUT2D eigenvalue weighted by atomic mass is 9.62. The van der Waals surface area contributed by atoms with E-state index in [1.165, 1.54) is 38.5 Å². The number of carbonyl (C=O) groups is 1. The minimum atomic E-state index is 0.350. The molecule has 0 heterocycles. The number of rotatable bonds is 4. The summed E-state index contributed by atoms with van der Waals surface area (Å²) >= 11 is 0. The predicted octanol–water partition coefficient (Wildman–Crippen LogP) is 4.60. The van der Waals surface area contributed by atoms with E-state index in [4.69, 9.17) is 0 Å². The molecule has 98 valence electrons. The van der Waals surface area contributed by atoms with Crippen molar-refractivity contribution in [3.05, 3.63) is 0 Å². The van der Waals surface area contributed by atoms with Gasteiger partial charge in [-0.15, -0.1) is 0 Å². The van der Waals surface area contributed by atoms with Gasteiger partial charge in [0.05, 0.1) is 0 Å². The summed E-state index contributed by atoms with van der Waals surface area (Å²) in [4.78, 5) is 12.1. The van der Waals surface area contributed by atoms with Gasteiger partial charge in [0.2, 0.25) is 0 Å². The largest absolute Gasteiger partial charge is 0.299 e. The molecule has 2 fully saturated rings. The molecule has 0 bridgehead atoms. The molecule has 0 aromatic heterocycles. The molecule has 0 N–H and O–H groups in total. The zero-order chi connectivity index (χ0) is 12.5. The maximum absolute atomic E-state index is 12.1. The first-order chi connectivity index (χ1) is 8.09. The Balaban J connectivity index is 2.07. The highest BCUT2D eigenvalue weighted by Crippen LogP contribution is 2.57. The first kappa shape index (κ1) is 13.1. The number of ketones is 1. The van der Waals surface area contributed by atoms with Crippen molar-refractivity contribution >= 4 is 5.78 Å². The number of hydrogen-bond acceptors (Lipinski definition) is 1. The lowest BCUT2D eigenvalue weighted by Crippen LogP contribution is -2.39. The molecule has 4 atom stereocenters. The molecular formula is C16H28O. The third-order valence-electron chi connectivity index (χ3n) is 5.64. The molecule has 2 aliphatic rings. The van der Waals surface area contributed by atoms with Crippen molar-refractivity contribution in [3.8, 4) is 0 Å². The van der Waals surface area contributed by atoms with Crippen LogP contribution in [0, 0.1) is 23.2 Å². The molecule has 0 amide bonds. The highest BCUT2D eigenvalue weighted by Gasteiger charge is 2.52. The van der Waals surface area contributed by atoms with Crippen molar-refractivity contribution in [2.45, 2.75) is 72.1 Å². The Kier molecular flexibility index (Phi) is 3.95. The van der Waals surface area contributed by atoms with Gasteiger partial charge in [-0.3, -0.25) is 4.79 Å². The van der Waals surface area contributed by atoms with Crippen molar-refractivity contribution in [1.29, 1.82) is 0 Å². The molecular weight excluding hydrogens is 208 g/mol. The molecule has 0 aromatic carbocycles. The summed E-state index contributed by atoms with van der Waals surface area (Å²) in [6.07, 6.45) is 9.79. The van der Waals surface area contributed by atoms with Gasteiger partial charge in [0.1, 0.15) is 5.78 Å². The van der Waals surface area contributed by atoms with Gasteiger partial charge in [0, 0.05) is 12.3 Å². The highest BCUT2D eigenvalue weighted by molar-refractivity contribution is 5.83. The topological polar surface area (TPSA) is 17.1 Å². The fourth-order valence-electron chi connectivity index (χ4n) is 4.63. The van der Waals surface area contributed by atoms with Crippen LogP contribution in [0.25, 0.3) is 0 Å². The van der Waals surface area contributed by atoms with Gasteiger partial charge in [0.25, 0.3) is 0 Å². The highest BCUT2D eigenvalue weighted by atomic mass is 16.1. The molecule has 0 aliphatic heterocycles. The van der Waals surface area contributed by atoms with Gasteiger partial charge in [-0.2, -0.15) is 0 Å². The van der Waals surface area contributed by atoms with Crippen molar-refractivity contribution in [1.82, 2.24) is 0 Å². The van der Waals surface area contributed by atoms with E-state index in [0.717, 1.165) is 24.7 Å². The van der Waals surface area contributed by atoms with Crippen LogP contribution in [0.15, 0.2) is 0 Å². The summed E-state index contributed by atoms with van der Waals surface area (Å²) in [6.45, 7) is 7.11. The average Bonchev–Trinajstić information content (AvgIpc) is 2.64.